The molecule has 0 nitrogen and oxygen atoms in total. The van der Waals surface area contributed by atoms with Crippen LogP contribution >= 0.6 is 11.3 Å². The van der Waals surface area contributed by atoms with Crippen LogP contribution < -0.4 is 0 Å². The lowest BCUT2D eigenvalue weighted by atomic mass is 9.87. The van der Waals surface area contributed by atoms with E-state index in [1.165, 1.54) is 74.7 Å². The van der Waals surface area contributed by atoms with Crippen molar-refractivity contribution >= 4 is 63.8 Å². The van der Waals surface area contributed by atoms with Crippen molar-refractivity contribution in [3.05, 3.63) is 108 Å². The number of rotatable bonds is 0. The Bertz CT molecular complexity index is 1900. The van der Waals surface area contributed by atoms with E-state index in [2.05, 4.69) is 97.1 Å². The van der Waals surface area contributed by atoms with E-state index in [0.717, 1.165) is 6.42 Å². The highest BCUT2D eigenvalue weighted by Crippen LogP contribution is 2.53. The molecule has 1 heteroatoms. The van der Waals surface area contributed by atoms with Gasteiger partial charge >= 0.3 is 0 Å². The van der Waals surface area contributed by atoms with Crippen molar-refractivity contribution in [2.24, 2.45) is 0 Å². The molecule has 8 rings (SSSR count). The Morgan fingerprint density at radius 2 is 1.09 bits per heavy atom. The molecule has 32 heavy (non-hydrogen) atoms. The summed E-state index contributed by atoms with van der Waals surface area (Å²) < 4.78 is 2.84. The Kier molecular flexibility index (Phi) is 3.16. The summed E-state index contributed by atoms with van der Waals surface area (Å²) >= 11 is 1.97. The normalized spacial score (nSPS) is 12.9. The molecular weight excluding hydrogens is 404 g/mol. The third kappa shape index (κ3) is 1.98. The van der Waals surface area contributed by atoms with E-state index in [-0.39, 0.29) is 0 Å². The van der Waals surface area contributed by atoms with Gasteiger partial charge in [0.15, 0.2) is 0 Å². The molecule has 0 amide bonds. The van der Waals surface area contributed by atoms with E-state index in [9.17, 15) is 0 Å². The molecule has 0 N–H and O–H groups in total. The number of thiophene rings is 1. The lowest BCUT2D eigenvalue weighted by Crippen LogP contribution is -1.89. The van der Waals surface area contributed by atoms with Crippen molar-refractivity contribution in [1.82, 2.24) is 0 Å². The first-order valence-corrected chi connectivity index (χ1v) is 12.0. The fourth-order valence-electron chi connectivity index (χ4n) is 6.01. The van der Waals surface area contributed by atoms with E-state index in [4.69, 9.17) is 0 Å². The quantitative estimate of drug-likeness (QED) is 0.214. The number of hydrogen-bond acceptors (Lipinski definition) is 1. The average Bonchev–Trinajstić information content (AvgIpc) is 3.43. The molecule has 1 aliphatic carbocycles. The number of hydrogen-bond donors (Lipinski definition) is 0. The monoisotopic (exact) mass is 422 g/mol. The van der Waals surface area contributed by atoms with E-state index >= 15 is 0 Å². The summed E-state index contributed by atoms with van der Waals surface area (Å²) in [5.74, 6) is 0. The van der Waals surface area contributed by atoms with Gasteiger partial charge in [-0.15, -0.1) is 11.3 Å². The lowest BCUT2D eigenvalue weighted by Gasteiger charge is -2.16. The summed E-state index contributed by atoms with van der Waals surface area (Å²) in [5, 5.41) is 11.1. The summed E-state index contributed by atoms with van der Waals surface area (Å²) in [7, 11) is 0. The van der Waals surface area contributed by atoms with Crippen molar-refractivity contribution in [2.75, 3.05) is 0 Å². The highest BCUT2D eigenvalue weighted by atomic mass is 32.1. The molecule has 0 fully saturated rings. The van der Waals surface area contributed by atoms with Crippen LogP contribution in [-0.4, -0.2) is 0 Å². The molecule has 0 aliphatic heterocycles. The molecule has 1 aromatic heterocycles. The summed E-state index contributed by atoms with van der Waals surface area (Å²) in [4.78, 5) is 0. The summed E-state index contributed by atoms with van der Waals surface area (Å²) in [6.45, 7) is 0. The Morgan fingerprint density at radius 1 is 0.500 bits per heavy atom. The lowest BCUT2D eigenvalue weighted by molar-refractivity contribution is 1.29. The van der Waals surface area contributed by atoms with Gasteiger partial charge in [0.2, 0.25) is 0 Å². The van der Waals surface area contributed by atoms with Crippen molar-refractivity contribution in [1.29, 1.82) is 0 Å². The molecule has 0 saturated heterocycles. The van der Waals surface area contributed by atoms with Gasteiger partial charge in [-0.3, -0.25) is 0 Å². The smallest absolute Gasteiger partial charge is 0.0403 e. The van der Waals surface area contributed by atoms with Crippen LogP contribution in [0, 0.1) is 0 Å². The van der Waals surface area contributed by atoms with Crippen molar-refractivity contribution in [3.63, 3.8) is 0 Å². The molecule has 0 bridgehead atoms. The van der Waals surface area contributed by atoms with E-state index in [0.29, 0.717) is 0 Å². The van der Waals surface area contributed by atoms with Gasteiger partial charge in [0.05, 0.1) is 0 Å². The van der Waals surface area contributed by atoms with Crippen LogP contribution in [0.3, 0.4) is 0 Å². The van der Waals surface area contributed by atoms with E-state index in [1.54, 1.807) is 0 Å². The van der Waals surface area contributed by atoms with Crippen LogP contribution in [-0.2, 0) is 6.42 Å². The second-order valence-electron chi connectivity index (χ2n) is 8.83. The highest BCUT2D eigenvalue weighted by molar-refractivity contribution is 7.26. The number of benzene rings is 6. The van der Waals surface area contributed by atoms with Gasteiger partial charge in [-0.1, -0.05) is 91.0 Å². The minimum absolute atomic E-state index is 1.02. The van der Waals surface area contributed by atoms with Crippen molar-refractivity contribution in [3.8, 4) is 11.1 Å². The van der Waals surface area contributed by atoms with Gasteiger partial charge in [-0.25, -0.2) is 0 Å². The summed E-state index contributed by atoms with van der Waals surface area (Å²) in [5.41, 5.74) is 5.82. The SMILES string of the molecule is c1ccc2c(c1)Cc1c-2c2c3ccccc3c3ccccc3c2c2c1sc1ccccc12. The van der Waals surface area contributed by atoms with Gasteiger partial charge in [0.25, 0.3) is 0 Å². The third-order valence-corrected chi connectivity index (χ3v) is 8.49. The van der Waals surface area contributed by atoms with Crippen LogP contribution in [0.2, 0.25) is 0 Å². The fraction of sp³-hybridized carbons (Fsp3) is 0.0323. The Hall–Kier alpha value is -3.68. The third-order valence-electron chi connectivity index (χ3n) is 7.26. The van der Waals surface area contributed by atoms with Gasteiger partial charge in [0, 0.05) is 32.0 Å². The number of fused-ring (bicyclic) bond motifs is 15. The van der Waals surface area contributed by atoms with Crippen molar-refractivity contribution in [2.45, 2.75) is 6.42 Å². The molecule has 0 atom stereocenters. The molecule has 0 unspecified atom stereocenters. The first kappa shape index (κ1) is 16.9. The zero-order valence-corrected chi connectivity index (χ0v) is 18.2. The molecule has 1 heterocycles. The maximum absolute atomic E-state index is 2.33. The van der Waals surface area contributed by atoms with E-state index in [1.807, 2.05) is 11.3 Å². The Balaban J connectivity index is 1.81. The fourth-order valence-corrected chi connectivity index (χ4v) is 7.26. The zero-order valence-electron chi connectivity index (χ0n) is 17.4. The molecule has 1 aliphatic rings. The predicted molar refractivity (Wildman–Crippen MR) is 140 cm³/mol. The van der Waals surface area contributed by atoms with Crippen LogP contribution in [0.15, 0.2) is 97.1 Å². The first-order chi connectivity index (χ1) is 15.9. The van der Waals surface area contributed by atoms with Crippen LogP contribution in [0.5, 0.6) is 0 Å². The maximum atomic E-state index is 2.33. The standard InChI is InChI=1S/C31H18S/c1-2-10-19-18(9-1)17-25-27(19)28-22-13-5-3-11-20(22)21-12-4-6-14-23(21)29(28)30-24-15-7-8-16-26(24)32-31(25)30/h1-16H,17H2. The molecule has 6 aromatic carbocycles. The maximum Gasteiger partial charge on any atom is 0.0403 e. The van der Waals surface area contributed by atoms with Crippen LogP contribution in [0.25, 0.3) is 63.6 Å². The van der Waals surface area contributed by atoms with E-state index < -0.39 is 0 Å². The topological polar surface area (TPSA) is 0 Å². The van der Waals surface area contributed by atoms with Gasteiger partial charge in [-0.05, 0) is 55.3 Å². The molecular formula is C31H18S. The minimum atomic E-state index is 1.02. The first-order valence-electron chi connectivity index (χ1n) is 11.2. The zero-order chi connectivity index (χ0) is 20.8. The highest BCUT2D eigenvalue weighted by Gasteiger charge is 2.28. The molecule has 7 aromatic rings. The second-order valence-corrected chi connectivity index (χ2v) is 9.88. The molecule has 148 valence electrons. The predicted octanol–water partition coefficient (Wildman–Crippen LogP) is 9.09. The van der Waals surface area contributed by atoms with Crippen LogP contribution in [0.4, 0.5) is 0 Å². The summed E-state index contributed by atoms with van der Waals surface area (Å²) in [6, 6.07) is 35.9. The largest absolute Gasteiger partial charge is 0.135 e. The molecule has 0 spiro atoms. The molecule has 0 saturated carbocycles. The van der Waals surface area contributed by atoms with Crippen LogP contribution in [0.1, 0.15) is 11.1 Å². The van der Waals surface area contributed by atoms with Crippen molar-refractivity contribution < 1.29 is 0 Å². The minimum Gasteiger partial charge on any atom is -0.135 e. The van der Waals surface area contributed by atoms with Gasteiger partial charge < -0.3 is 0 Å². The average molecular weight is 423 g/mol. The molecule has 0 radical (unpaired) electrons. The summed E-state index contributed by atoms with van der Waals surface area (Å²) in [6.07, 6.45) is 1.02. The Labute approximate surface area is 189 Å². The van der Waals surface area contributed by atoms with Gasteiger partial charge in [0.1, 0.15) is 0 Å². The van der Waals surface area contributed by atoms with Gasteiger partial charge in [-0.2, -0.15) is 0 Å². The Morgan fingerprint density at radius 3 is 1.88 bits per heavy atom. The second kappa shape index (κ2) is 5.97.